The summed E-state index contributed by atoms with van der Waals surface area (Å²) >= 11 is 6.53. The van der Waals surface area contributed by atoms with E-state index >= 15 is 0 Å². The number of hydrogen-bond donors (Lipinski definition) is 1. The van der Waals surface area contributed by atoms with Gasteiger partial charge in [-0.2, -0.15) is 5.10 Å². The monoisotopic (exact) mass is 410 g/mol. The number of rotatable bonds is 6. The second-order valence-electron chi connectivity index (χ2n) is 8.22. The lowest BCUT2D eigenvalue weighted by Crippen LogP contribution is -2.26. The molecule has 6 heteroatoms. The maximum absolute atomic E-state index is 12.6. The molecular formula is C23H27ClN4O. The van der Waals surface area contributed by atoms with Crippen LogP contribution in [-0.2, 0) is 17.8 Å². The molecule has 1 N–H and O–H groups in total. The summed E-state index contributed by atoms with van der Waals surface area (Å²) in [5, 5.41) is 8.01. The summed E-state index contributed by atoms with van der Waals surface area (Å²) in [5.74, 6) is -0.479. The first-order chi connectivity index (χ1) is 13.7. The van der Waals surface area contributed by atoms with Crippen LogP contribution >= 0.6 is 11.6 Å². The molecule has 0 aromatic carbocycles. The Morgan fingerprint density at radius 3 is 2.83 bits per heavy atom. The molecule has 1 atom stereocenters. The van der Waals surface area contributed by atoms with Crippen molar-refractivity contribution in [1.82, 2.24) is 20.1 Å². The third-order valence-corrected chi connectivity index (χ3v) is 5.58. The maximum Gasteiger partial charge on any atom is 0.231 e. The molecule has 0 aliphatic carbocycles. The summed E-state index contributed by atoms with van der Waals surface area (Å²) in [4.78, 5) is 16.7. The van der Waals surface area contributed by atoms with Crippen molar-refractivity contribution in [2.45, 2.75) is 46.6 Å². The van der Waals surface area contributed by atoms with E-state index in [1.165, 1.54) is 0 Å². The van der Waals surface area contributed by atoms with Gasteiger partial charge < -0.3 is 5.32 Å². The smallest absolute Gasteiger partial charge is 0.231 e. The number of pyridine rings is 1. The molecule has 152 valence electrons. The van der Waals surface area contributed by atoms with E-state index < -0.39 is 0 Å². The predicted octanol–water partition coefficient (Wildman–Crippen LogP) is 4.82. The molecule has 1 amide bonds. The van der Waals surface area contributed by atoms with Gasteiger partial charge in [-0.1, -0.05) is 44.2 Å². The Morgan fingerprint density at radius 1 is 1.41 bits per heavy atom. The summed E-state index contributed by atoms with van der Waals surface area (Å²) in [6.45, 7) is 13.1. The van der Waals surface area contributed by atoms with Gasteiger partial charge in [0.15, 0.2) is 0 Å². The molecular weight excluding hydrogens is 384 g/mol. The van der Waals surface area contributed by atoms with Crippen LogP contribution in [0, 0.1) is 5.41 Å². The lowest BCUT2D eigenvalue weighted by atomic mass is 9.89. The normalized spacial score (nSPS) is 17.0. The third-order valence-electron chi connectivity index (χ3n) is 5.15. The quantitative estimate of drug-likeness (QED) is 0.694. The lowest BCUT2D eigenvalue weighted by molar-refractivity contribution is -0.121. The average Bonchev–Trinajstić information content (AvgIpc) is 3.20. The van der Waals surface area contributed by atoms with Crippen LogP contribution in [0.5, 0.6) is 0 Å². The van der Waals surface area contributed by atoms with E-state index in [1.807, 2.05) is 49.0 Å². The van der Waals surface area contributed by atoms with E-state index in [1.54, 1.807) is 12.4 Å². The molecule has 0 saturated heterocycles. The van der Waals surface area contributed by atoms with Gasteiger partial charge in [-0.15, -0.1) is 0 Å². The summed E-state index contributed by atoms with van der Waals surface area (Å²) in [6.07, 6.45) is 9.81. The van der Waals surface area contributed by atoms with Gasteiger partial charge in [0.05, 0.1) is 12.1 Å². The third kappa shape index (κ3) is 4.67. The van der Waals surface area contributed by atoms with Crippen molar-refractivity contribution in [2.24, 2.45) is 5.41 Å². The number of nitrogens with zero attached hydrogens (tertiary/aromatic N) is 3. The highest BCUT2D eigenvalue weighted by atomic mass is 35.5. The van der Waals surface area contributed by atoms with Gasteiger partial charge in [-0.05, 0) is 43.4 Å². The van der Waals surface area contributed by atoms with E-state index in [4.69, 9.17) is 11.6 Å². The van der Waals surface area contributed by atoms with Crippen LogP contribution in [-0.4, -0.2) is 20.7 Å². The molecule has 0 unspecified atom stereocenters. The van der Waals surface area contributed by atoms with Crippen LogP contribution < -0.4 is 5.32 Å². The molecule has 5 nitrogen and oxygen atoms in total. The van der Waals surface area contributed by atoms with Crippen LogP contribution in [0.1, 0.15) is 50.4 Å². The van der Waals surface area contributed by atoms with E-state index in [2.05, 4.69) is 35.8 Å². The fraction of sp³-hybridized carbons (Fsp3) is 0.348. The summed E-state index contributed by atoms with van der Waals surface area (Å²) < 4.78 is 2.04. The molecule has 0 fully saturated rings. The summed E-state index contributed by atoms with van der Waals surface area (Å²) in [5.41, 5.74) is 4.45. The number of hydrogen-bond acceptors (Lipinski definition) is 3. The van der Waals surface area contributed by atoms with Crippen LogP contribution in [0.3, 0.4) is 0 Å². The minimum atomic E-state index is -0.337. The SMILES string of the molecule is C=C(/C=C(\C(Cl)=C/C)c1cnn2c1CC(C)(C)C2)NC(=O)[C@@H](C)c1cccnc1. The van der Waals surface area contributed by atoms with E-state index in [0.29, 0.717) is 10.7 Å². The van der Waals surface area contributed by atoms with Crippen molar-refractivity contribution in [3.63, 3.8) is 0 Å². The van der Waals surface area contributed by atoms with Gasteiger partial charge in [0.2, 0.25) is 5.91 Å². The van der Waals surface area contributed by atoms with Crippen molar-refractivity contribution >= 4 is 23.1 Å². The average molecular weight is 411 g/mol. The Kier molecular flexibility index (Phi) is 6.08. The molecule has 3 rings (SSSR count). The number of aromatic nitrogens is 3. The second-order valence-corrected chi connectivity index (χ2v) is 8.63. The topological polar surface area (TPSA) is 59.8 Å². The van der Waals surface area contributed by atoms with E-state index in [9.17, 15) is 4.79 Å². The lowest BCUT2D eigenvalue weighted by Gasteiger charge is -2.15. The standard InChI is InChI=1S/C23H27ClN4O/c1-6-20(24)18(19-13-26-28-14-23(4,5)11-21(19)28)10-15(2)27-22(29)16(3)17-8-7-9-25-12-17/h6-10,12-13,16H,2,11,14H2,1,3-5H3,(H,27,29)/b18-10-,20-6+/t16-/m0/s1. The molecule has 0 spiro atoms. The molecule has 0 bridgehead atoms. The molecule has 2 aromatic rings. The maximum atomic E-state index is 12.6. The molecule has 1 aliphatic rings. The number of fused-ring (bicyclic) bond motifs is 1. The summed E-state index contributed by atoms with van der Waals surface area (Å²) in [7, 11) is 0. The van der Waals surface area contributed by atoms with Crippen LogP contribution in [0.25, 0.3) is 5.57 Å². The fourth-order valence-corrected chi connectivity index (χ4v) is 3.72. The number of halogens is 1. The van der Waals surface area contributed by atoms with Crippen molar-refractivity contribution in [3.8, 4) is 0 Å². The molecule has 1 aliphatic heterocycles. The Balaban J connectivity index is 1.84. The van der Waals surface area contributed by atoms with Gasteiger partial charge >= 0.3 is 0 Å². The molecule has 3 heterocycles. The predicted molar refractivity (Wildman–Crippen MR) is 117 cm³/mol. The molecule has 0 radical (unpaired) electrons. The highest BCUT2D eigenvalue weighted by Gasteiger charge is 2.32. The zero-order valence-corrected chi connectivity index (χ0v) is 18.1. The van der Waals surface area contributed by atoms with Crippen molar-refractivity contribution in [3.05, 3.63) is 77.0 Å². The van der Waals surface area contributed by atoms with Crippen molar-refractivity contribution in [2.75, 3.05) is 0 Å². The molecule has 29 heavy (non-hydrogen) atoms. The first-order valence-corrected chi connectivity index (χ1v) is 10.1. The zero-order valence-electron chi connectivity index (χ0n) is 17.4. The number of carbonyl (C=O) groups excluding carboxylic acids is 1. The van der Waals surface area contributed by atoms with Gasteiger partial charge in [0.25, 0.3) is 0 Å². The van der Waals surface area contributed by atoms with Crippen LogP contribution in [0.4, 0.5) is 0 Å². The van der Waals surface area contributed by atoms with Crippen LogP contribution in [0.15, 0.2) is 60.2 Å². The minimum Gasteiger partial charge on any atom is -0.326 e. The Morgan fingerprint density at radius 2 is 2.17 bits per heavy atom. The highest BCUT2D eigenvalue weighted by Crippen LogP contribution is 2.38. The van der Waals surface area contributed by atoms with Crippen molar-refractivity contribution < 1.29 is 4.79 Å². The number of nitrogens with one attached hydrogen (secondary N) is 1. The highest BCUT2D eigenvalue weighted by molar-refractivity contribution is 6.37. The molecule has 2 aromatic heterocycles. The second kappa shape index (κ2) is 8.37. The van der Waals surface area contributed by atoms with Gasteiger partial charge in [0, 0.05) is 46.5 Å². The Bertz CT molecular complexity index is 986. The number of allylic oxidation sites excluding steroid dienone is 4. The minimum absolute atomic E-state index is 0.142. The van der Waals surface area contributed by atoms with E-state index in [-0.39, 0.29) is 17.2 Å². The van der Waals surface area contributed by atoms with E-state index in [0.717, 1.165) is 35.4 Å². The zero-order chi connectivity index (χ0) is 21.2. The fourth-order valence-electron chi connectivity index (χ4n) is 3.56. The summed E-state index contributed by atoms with van der Waals surface area (Å²) in [6, 6.07) is 3.70. The first kappa shape index (κ1) is 21.1. The Labute approximate surface area is 177 Å². The van der Waals surface area contributed by atoms with Crippen LogP contribution in [0.2, 0.25) is 0 Å². The van der Waals surface area contributed by atoms with Gasteiger partial charge in [-0.25, -0.2) is 0 Å². The number of amides is 1. The Hall–Kier alpha value is -2.66. The number of carbonyl (C=O) groups is 1. The van der Waals surface area contributed by atoms with Gasteiger partial charge in [0.1, 0.15) is 0 Å². The largest absolute Gasteiger partial charge is 0.326 e. The molecule has 0 saturated carbocycles. The first-order valence-electron chi connectivity index (χ1n) is 9.70. The van der Waals surface area contributed by atoms with Crippen molar-refractivity contribution in [1.29, 1.82) is 0 Å². The van der Waals surface area contributed by atoms with Gasteiger partial charge in [-0.3, -0.25) is 14.5 Å².